The van der Waals surface area contributed by atoms with Gasteiger partial charge in [0.15, 0.2) is 0 Å². The van der Waals surface area contributed by atoms with Crippen LogP contribution in [0.15, 0.2) is 6.07 Å². The van der Waals surface area contributed by atoms with Crippen LogP contribution in [0.25, 0.3) is 0 Å². The standard InChI is InChI=1S/C11H18N4O2/c1-15-5-4-8(7-15)12-11-13-9(16-2)6-10(14-11)17-3/h6,8H,4-5,7H2,1-3H3,(H,12,13,14). The van der Waals surface area contributed by atoms with Crippen LogP contribution >= 0.6 is 0 Å². The number of likely N-dealkylation sites (N-methyl/N-ethyl adjacent to an activating group) is 1. The van der Waals surface area contributed by atoms with Crippen LogP contribution in [0.2, 0.25) is 0 Å². The number of nitrogens with zero attached hydrogens (tertiary/aromatic N) is 3. The van der Waals surface area contributed by atoms with Gasteiger partial charge >= 0.3 is 0 Å². The summed E-state index contributed by atoms with van der Waals surface area (Å²) in [5.41, 5.74) is 0. The Morgan fingerprint density at radius 3 is 2.41 bits per heavy atom. The molecule has 0 bridgehead atoms. The average molecular weight is 238 g/mol. The van der Waals surface area contributed by atoms with Crippen molar-refractivity contribution in [1.82, 2.24) is 14.9 Å². The fourth-order valence-electron chi connectivity index (χ4n) is 1.91. The normalized spacial score (nSPS) is 20.3. The minimum absolute atomic E-state index is 0.386. The van der Waals surface area contributed by atoms with E-state index in [0.717, 1.165) is 19.5 Å². The molecule has 6 nitrogen and oxygen atoms in total. The molecule has 0 spiro atoms. The molecular weight excluding hydrogens is 220 g/mol. The van der Waals surface area contributed by atoms with Crippen molar-refractivity contribution in [2.75, 3.05) is 39.7 Å². The van der Waals surface area contributed by atoms with Gasteiger partial charge in [0.05, 0.1) is 20.3 Å². The smallest absolute Gasteiger partial charge is 0.229 e. The van der Waals surface area contributed by atoms with E-state index in [9.17, 15) is 0 Å². The van der Waals surface area contributed by atoms with Gasteiger partial charge in [0, 0.05) is 12.6 Å². The Morgan fingerprint density at radius 1 is 1.29 bits per heavy atom. The second-order valence-corrected chi connectivity index (χ2v) is 4.17. The Morgan fingerprint density at radius 2 is 1.94 bits per heavy atom. The Balaban J connectivity index is 2.09. The number of hydrogen-bond donors (Lipinski definition) is 1. The first kappa shape index (κ1) is 11.9. The number of methoxy groups -OCH3 is 2. The molecule has 1 atom stereocenters. The molecule has 2 rings (SSSR count). The second kappa shape index (κ2) is 5.18. The van der Waals surface area contributed by atoms with Crippen LogP contribution < -0.4 is 14.8 Å². The highest BCUT2D eigenvalue weighted by Crippen LogP contribution is 2.19. The van der Waals surface area contributed by atoms with Crippen molar-refractivity contribution in [3.05, 3.63) is 6.07 Å². The molecule has 94 valence electrons. The maximum atomic E-state index is 5.10. The topological polar surface area (TPSA) is 59.5 Å². The molecule has 0 radical (unpaired) electrons. The van der Waals surface area contributed by atoms with E-state index >= 15 is 0 Å². The Kier molecular flexibility index (Phi) is 3.63. The molecule has 1 unspecified atom stereocenters. The first-order chi connectivity index (χ1) is 8.21. The monoisotopic (exact) mass is 238 g/mol. The number of ether oxygens (including phenoxy) is 2. The van der Waals surface area contributed by atoms with Crippen LogP contribution in [0, 0.1) is 0 Å². The van der Waals surface area contributed by atoms with Gasteiger partial charge in [-0.15, -0.1) is 0 Å². The Bertz CT molecular complexity index is 363. The fourth-order valence-corrected chi connectivity index (χ4v) is 1.91. The van der Waals surface area contributed by atoms with Gasteiger partial charge in [-0.25, -0.2) is 0 Å². The number of hydrogen-bond acceptors (Lipinski definition) is 6. The molecule has 2 heterocycles. The highest BCUT2D eigenvalue weighted by molar-refractivity contribution is 5.34. The molecule has 0 saturated carbocycles. The summed E-state index contributed by atoms with van der Waals surface area (Å²) in [6.07, 6.45) is 1.10. The van der Waals surface area contributed by atoms with E-state index in [4.69, 9.17) is 9.47 Å². The minimum Gasteiger partial charge on any atom is -0.481 e. The number of nitrogens with one attached hydrogen (secondary N) is 1. The van der Waals surface area contributed by atoms with Gasteiger partial charge in [-0.1, -0.05) is 0 Å². The molecule has 17 heavy (non-hydrogen) atoms. The van der Waals surface area contributed by atoms with Gasteiger partial charge in [-0.3, -0.25) is 0 Å². The van der Waals surface area contributed by atoms with Crippen molar-refractivity contribution in [2.24, 2.45) is 0 Å². The molecule has 1 fully saturated rings. The summed E-state index contributed by atoms with van der Waals surface area (Å²) in [5, 5.41) is 3.30. The van der Waals surface area contributed by atoms with Crippen molar-refractivity contribution < 1.29 is 9.47 Å². The average Bonchev–Trinajstić information content (AvgIpc) is 2.74. The van der Waals surface area contributed by atoms with Gasteiger partial charge in [0.2, 0.25) is 17.7 Å². The third kappa shape index (κ3) is 2.97. The van der Waals surface area contributed by atoms with E-state index in [0.29, 0.717) is 23.8 Å². The van der Waals surface area contributed by atoms with Gasteiger partial charge < -0.3 is 19.7 Å². The van der Waals surface area contributed by atoms with Gasteiger partial charge in [-0.05, 0) is 20.0 Å². The minimum atomic E-state index is 0.386. The highest BCUT2D eigenvalue weighted by atomic mass is 16.5. The van der Waals surface area contributed by atoms with Gasteiger partial charge in [0.1, 0.15) is 0 Å². The zero-order chi connectivity index (χ0) is 12.3. The lowest BCUT2D eigenvalue weighted by Crippen LogP contribution is -2.24. The van der Waals surface area contributed by atoms with Gasteiger partial charge in [-0.2, -0.15) is 9.97 Å². The molecule has 0 amide bonds. The summed E-state index contributed by atoms with van der Waals surface area (Å²) >= 11 is 0. The van der Waals surface area contributed by atoms with E-state index < -0.39 is 0 Å². The van der Waals surface area contributed by atoms with Gasteiger partial charge in [0.25, 0.3) is 0 Å². The lowest BCUT2D eigenvalue weighted by molar-refractivity contribution is 0.372. The second-order valence-electron chi connectivity index (χ2n) is 4.17. The van der Waals surface area contributed by atoms with Crippen LogP contribution in [0.3, 0.4) is 0 Å². The predicted octanol–water partition coefficient (Wildman–Crippen LogP) is 0.610. The SMILES string of the molecule is COc1cc(OC)nc(NC2CCN(C)C2)n1. The van der Waals surface area contributed by atoms with Crippen molar-refractivity contribution >= 4 is 5.95 Å². The first-order valence-corrected chi connectivity index (χ1v) is 5.63. The zero-order valence-electron chi connectivity index (χ0n) is 10.4. The van der Waals surface area contributed by atoms with Crippen LogP contribution in [-0.4, -0.2) is 55.3 Å². The molecule has 1 N–H and O–H groups in total. The maximum Gasteiger partial charge on any atom is 0.229 e. The molecule has 1 aromatic rings. The van der Waals surface area contributed by atoms with E-state index in [1.54, 1.807) is 20.3 Å². The van der Waals surface area contributed by atoms with E-state index in [1.807, 2.05) is 0 Å². The quantitative estimate of drug-likeness (QED) is 0.829. The van der Waals surface area contributed by atoms with E-state index in [-0.39, 0.29) is 0 Å². The zero-order valence-corrected chi connectivity index (χ0v) is 10.4. The lowest BCUT2D eigenvalue weighted by Gasteiger charge is -2.13. The predicted molar refractivity (Wildman–Crippen MR) is 64.7 cm³/mol. The number of likely N-dealkylation sites (tertiary alicyclic amines) is 1. The summed E-state index contributed by atoms with van der Waals surface area (Å²) in [4.78, 5) is 10.8. The molecule has 6 heteroatoms. The highest BCUT2D eigenvalue weighted by Gasteiger charge is 2.20. The number of rotatable bonds is 4. The largest absolute Gasteiger partial charge is 0.481 e. The van der Waals surface area contributed by atoms with E-state index in [1.165, 1.54) is 0 Å². The third-order valence-corrected chi connectivity index (χ3v) is 2.82. The fraction of sp³-hybridized carbons (Fsp3) is 0.636. The summed E-state index contributed by atoms with van der Waals surface area (Å²) in [6, 6.07) is 2.04. The van der Waals surface area contributed by atoms with Crippen molar-refractivity contribution in [1.29, 1.82) is 0 Å². The number of anilines is 1. The third-order valence-electron chi connectivity index (χ3n) is 2.82. The summed E-state index contributed by atoms with van der Waals surface area (Å²) in [5.74, 6) is 1.57. The first-order valence-electron chi connectivity index (χ1n) is 5.63. The molecule has 1 aliphatic heterocycles. The lowest BCUT2D eigenvalue weighted by atomic mass is 10.3. The molecule has 1 saturated heterocycles. The van der Waals surface area contributed by atoms with Crippen LogP contribution in [0.1, 0.15) is 6.42 Å². The molecule has 1 aromatic heterocycles. The van der Waals surface area contributed by atoms with Crippen molar-refractivity contribution in [2.45, 2.75) is 12.5 Å². The van der Waals surface area contributed by atoms with Crippen LogP contribution in [0.5, 0.6) is 11.8 Å². The molecule has 1 aliphatic rings. The summed E-state index contributed by atoms with van der Waals surface area (Å²) in [6.45, 7) is 2.10. The summed E-state index contributed by atoms with van der Waals surface area (Å²) < 4.78 is 10.2. The molecule has 0 aromatic carbocycles. The molecule has 0 aliphatic carbocycles. The van der Waals surface area contributed by atoms with Crippen LogP contribution in [-0.2, 0) is 0 Å². The Hall–Kier alpha value is -1.56. The van der Waals surface area contributed by atoms with E-state index in [2.05, 4.69) is 27.2 Å². The number of aromatic nitrogens is 2. The maximum absolute atomic E-state index is 5.10. The Labute approximate surface area is 101 Å². The van der Waals surface area contributed by atoms with Crippen molar-refractivity contribution in [3.63, 3.8) is 0 Å². The van der Waals surface area contributed by atoms with Crippen molar-refractivity contribution in [3.8, 4) is 11.8 Å². The van der Waals surface area contributed by atoms with Crippen LogP contribution in [0.4, 0.5) is 5.95 Å². The molecular formula is C11H18N4O2. The summed E-state index contributed by atoms with van der Waals surface area (Å²) in [7, 11) is 5.26.